The summed E-state index contributed by atoms with van der Waals surface area (Å²) in [6, 6.07) is 20.5. The van der Waals surface area contributed by atoms with Crippen LogP contribution in [0, 0.1) is 0 Å². The van der Waals surface area contributed by atoms with E-state index in [0.717, 1.165) is 42.2 Å². The Balaban J connectivity index is 1.37. The molecular weight excluding hydrogens is 360 g/mol. The van der Waals surface area contributed by atoms with Crippen molar-refractivity contribution in [3.05, 3.63) is 83.4 Å². The van der Waals surface area contributed by atoms with Crippen molar-refractivity contribution in [2.24, 2.45) is 0 Å². The average Bonchev–Trinajstić information content (AvgIpc) is 2.99. The van der Waals surface area contributed by atoms with E-state index in [-0.39, 0.29) is 11.8 Å². The van der Waals surface area contributed by atoms with Gasteiger partial charge in [0.1, 0.15) is 11.6 Å². The quantitative estimate of drug-likeness (QED) is 0.668. The highest BCUT2D eigenvalue weighted by molar-refractivity contribution is 5.77. The van der Waals surface area contributed by atoms with E-state index in [1.165, 1.54) is 19.3 Å². The summed E-state index contributed by atoms with van der Waals surface area (Å²) in [7, 11) is 0. The van der Waals surface area contributed by atoms with E-state index in [2.05, 4.69) is 44.3 Å². The zero-order valence-electron chi connectivity index (χ0n) is 16.8. The van der Waals surface area contributed by atoms with Crippen LogP contribution in [0.3, 0.4) is 0 Å². The molecule has 1 N–H and O–H groups in total. The van der Waals surface area contributed by atoms with E-state index < -0.39 is 0 Å². The van der Waals surface area contributed by atoms with Gasteiger partial charge < -0.3 is 9.88 Å². The monoisotopic (exact) mass is 388 g/mol. The number of fused-ring (bicyclic) bond motifs is 1. The number of hydrogen-bond donors (Lipinski definition) is 1. The number of nitrogens with zero attached hydrogens (tertiary/aromatic N) is 3. The second-order valence-corrected chi connectivity index (χ2v) is 7.67. The molecule has 0 radical (unpaired) electrons. The zero-order chi connectivity index (χ0) is 19.9. The molecule has 3 aromatic rings. The Labute approximate surface area is 172 Å². The Morgan fingerprint density at radius 3 is 2.31 bits per heavy atom. The number of benzene rings is 2. The molecule has 4 rings (SSSR count). The molecule has 1 amide bonds. The molecule has 0 aliphatic carbocycles. The largest absolute Gasteiger partial charge is 0.356 e. The van der Waals surface area contributed by atoms with Crippen molar-refractivity contribution in [3.8, 4) is 0 Å². The van der Waals surface area contributed by atoms with Gasteiger partial charge in [-0.05, 0) is 24.0 Å². The standard InChI is InChI=1S/C24H28N4O/c29-24(25-16-15-23-27-26-22-14-8-3-9-17-28(22)23)18-21(19-10-4-1-5-11-19)20-12-6-2-7-13-20/h1-2,4-7,10-13,21H,3,8-9,14-18H2,(H,25,29). The lowest BCUT2D eigenvalue weighted by molar-refractivity contribution is -0.121. The Bertz CT molecular complexity index is 881. The normalized spacial score (nSPS) is 13.7. The summed E-state index contributed by atoms with van der Waals surface area (Å²) in [6.07, 6.45) is 5.79. The van der Waals surface area contributed by atoms with E-state index in [0.29, 0.717) is 13.0 Å². The number of aryl methyl sites for hydroxylation is 1. The highest BCUT2D eigenvalue weighted by atomic mass is 16.1. The first kappa shape index (κ1) is 19.4. The summed E-state index contributed by atoms with van der Waals surface area (Å²) >= 11 is 0. The van der Waals surface area contributed by atoms with E-state index in [9.17, 15) is 4.79 Å². The molecule has 1 aliphatic heterocycles. The number of aromatic nitrogens is 3. The molecule has 2 aromatic carbocycles. The number of carbonyl (C=O) groups excluding carboxylic acids is 1. The summed E-state index contributed by atoms with van der Waals surface area (Å²) in [5.41, 5.74) is 2.33. The minimum atomic E-state index is 0.0572. The van der Waals surface area contributed by atoms with Crippen LogP contribution >= 0.6 is 0 Å². The first-order valence-corrected chi connectivity index (χ1v) is 10.6. The third-order valence-electron chi connectivity index (χ3n) is 5.65. The molecule has 1 aromatic heterocycles. The molecule has 0 saturated heterocycles. The molecule has 0 saturated carbocycles. The fourth-order valence-electron chi connectivity index (χ4n) is 4.10. The summed E-state index contributed by atoms with van der Waals surface area (Å²) in [4.78, 5) is 12.7. The van der Waals surface area contributed by atoms with Gasteiger partial charge in [0, 0.05) is 38.3 Å². The van der Waals surface area contributed by atoms with Crippen molar-refractivity contribution in [1.29, 1.82) is 0 Å². The Morgan fingerprint density at radius 1 is 0.931 bits per heavy atom. The van der Waals surface area contributed by atoms with Gasteiger partial charge in [-0.3, -0.25) is 4.79 Å². The SMILES string of the molecule is O=C(CC(c1ccccc1)c1ccccc1)NCCc1nnc2n1CCCCC2. The van der Waals surface area contributed by atoms with Crippen LogP contribution in [0.1, 0.15) is 54.4 Å². The molecule has 150 valence electrons. The number of nitrogens with one attached hydrogen (secondary N) is 1. The first-order valence-electron chi connectivity index (χ1n) is 10.6. The molecule has 5 heteroatoms. The number of amides is 1. The van der Waals surface area contributed by atoms with Gasteiger partial charge in [-0.15, -0.1) is 10.2 Å². The van der Waals surface area contributed by atoms with Crippen LogP contribution in [0.15, 0.2) is 60.7 Å². The topological polar surface area (TPSA) is 59.8 Å². The Kier molecular flexibility index (Phi) is 6.35. The third-order valence-corrected chi connectivity index (χ3v) is 5.65. The predicted molar refractivity (Wildman–Crippen MR) is 114 cm³/mol. The molecule has 0 atom stereocenters. The van der Waals surface area contributed by atoms with Crippen molar-refractivity contribution in [1.82, 2.24) is 20.1 Å². The number of carbonyl (C=O) groups is 1. The highest BCUT2D eigenvalue weighted by Gasteiger charge is 2.19. The predicted octanol–water partition coefficient (Wildman–Crippen LogP) is 3.89. The van der Waals surface area contributed by atoms with Crippen LogP contribution in [-0.4, -0.2) is 27.2 Å². The fraction of sp³-hybridized carbons (Fsp3) is 0.375. The summed E-state index contributed by atoms with van der Waals surface area (Å²) < 4.78 is 2.25. The van der Waals surface area contributed by atoms with Crippen LogP contribution in [-0.2, 0) is 24.2 Å². The van der Waals surface area contributed by atoms with Gasteiger partial charge in [-0.2, -0.15) is 0 Å². The van der Waals surface area contributed by atoms with Gasteiger partial charge in [0.2, 0.25) is 5.91 Å². The Hall–Kier alpha value is -2.95. The molecule has 5 nitrogen and oxygen atoms in total. The van der Waals surface area contributed by atoms with Crippen molar-refractivity contribution in [2.45, 2.75) is 51.0 Å². The first-order chi connectivity index (χ1) is 14.3. The Morgan fingerprint density at radius 2 is 1.62 bits per heavy atom. The summed E-state index contributed by atoms with van der Waals surface area (Å²) in [5.74, 6) is 2.21. The van der Waals surface area contributed by atoms with Crippen molar-refractivity contribution in [3.63, 3.8) is 0 Å². The van der Waals surface area contributed by atoms with Crippen molar-refractivity contribution in [2.75, 3.05) is 6.54 Å². The fourth-order valence-corrected chi connectivity index (χ4v) is 4.10. The van der Waals surface area contributed by atoms with E-state index in [1.807, 2.05) is 36.4 Å². The molecule has 0 fully saturated rings. The van der Waals surface area contributed by atoms with E-state index >= 15 is 0 Å². The van der Waals surface area contributed by atoms with Gasteiger partial charge in [0.15, 0.2) is 0 Å². The van der Waals surface area contributed by atoms with Gasteiger partial charge in [-0.1, -0.05) is 67.1 Å². The van der Waals surface area contributed by atoms with Crippen LogP contribution < -0.4 is 5.32 Å². The number of hydrogen-bond acceptors (Lipinski definition) is 3. The van der Waals surface area contributed by atoms with Crippen LogP contribution in [0.4, 0.5) is 0 Å². The van der Waals surface area contributed by atoms with E-state index in [4.69, 9.17) is 0 Å². The molecule has 0 bridgehead atoms. The molecule has 2 heterocycles. The molecule has 0 spiro atoms. The summed E-state index contributed by atoms with van der Waals surface area (Å²) in [6.45, 7) is 1.59. The lowest BCUT2D eigenvalue weighted by atomic mass is 9.88. The van der Waals surface area contributed by atoms with Gasteiger partial charge >= 0.3 is 0 Å². The zero-order valence-corrected chi connectivity index (χ0v) is 16.8. The van der Waals surface area contributed by atoms with Crippen molar-refractivity contribution < 1.29 is 4.79 Å². The average molecular weight is 389 g/mol. The second kappa shape index (κ2) is 9.50. The van der Waals surface area contributed by atoms with Crippen LogP contribution in [0.5, 0.6) is 0 Å². The molecule has 29 heavy (non-hydrogen) atoms. The molecular formula is C24H28N4O. The number of rotatable bonds is 7. The summed E-state index contributed by atoms with van der Waals surface area (Å²) in [5, 5.41) is 11.8. The minimum Gasteiger partial charge on any atom is -0.356 e. The second-order valence-electron chi connectivity index (χ2n) is 7.67. The third kappa shape index (κ3) is 4.91. The highest BCUT2D eigenvalue weighted by Crippen LogP contribution is 2.27. The van der Waals surface area contributed by atoms with Crippen molar-refractivity contribution >= 4 is 5.91 Å². The smallest absolute Gasteiger partial charge is 0.220 e. The maximum atomic E-state index is 12.7. The van der Waals surface area contributed by atoms with Gasteiger partial charge in [-0.25, -0.2) is 0 Å². The van der Waals surface area contributed by atoms with Crippen LogP contribution in [0.2, 0.25) is 0 Å². The maximum Gasteiger partial charge on any atom is 0.220 e. The van der Waals surface area contributed by atoms with Crippen LogP contribution in [0.25, 0.3) is 0 Å². The molecule has 0 unspecified atom stereocenters. The maximum absolute atomic E-state index is 12.7. The lowest BCUT2D eigenvalue weighted by Gasteiger charge is -2.18. The lowest BCUT2D eigenvalue weighted by Crippen LogP contribution is -2.28. The van der Waals surface area contributed by atoms with Gasteiger partial charge in [0.05, 0.1) is 0 Å². The van der Waals surface area contributed by atoms with E-state index in [1.54, 1.807) is 0 Å². The molecule has 1 aliphatic rings. The van der Waals surface area contributed by atoms with Gasteiger partial charge in [0.25, 0.3) is 0 Å². The minimum absolute atomic E-state index is 0.0572.